The molecule has 1 unspecified atom stereocenters. The number of likely N-dealkylation sites (tertiary alicyclic amines) is 1. The second-order valence-electron chi connectivity index (χ2n) is 6.59. The van der Waals surface area contributed by atoms with E-state index < -0.39 is 0 Å². The fourth-order valence-corrected chi connectivity index (χ4v) is 3.56. The molecule has 1 saturated carbocycles. The maximum atomic E-state index is 5.22. The van der Waals surface area contributed by atoms with Crippen LogP contribution in [-0.2, 0) is 6.54 Å². The van der Waals surface area contributed by atoms with Gasteiger partial charge in [0, 0.05) is 50.2 Å². The number of anilines is 1. The molecule has 2 aromatic heterocycles. The van der Waals surface area contributed by atoms with Crippen LogP contribution in [0.5, 0.6) is 5.88 Å². The molecule has 0 spiro atoms. The molecule has 1 aliphatic carbocycles. The molecule has 24 heavy (non-hydrogen) atoms. The van der Waals surface area contributed by atoms with E-state index in [9.17, 15) is 0 Å². The van der Waals surface area contributed by atoms with Crippen molar-refractivity contribution in [2.75, 3.05) is 25.1 Å². The average Bonchev–Trinajstić information content (AvgIpc) is 3.36. The number of ether oxygens (including phenoxy) is 1. The fourth-order valence-electron chi connectivity index (χ4n) is 3.56. The molecular formula is C18H23N5O. The van der Waals surface area contributed by atoms with Crippen molar-refractivity contribution in [3.8, 4) is 5.88 Å². The highest BCUT2D eigenvalue weighted by Gasteiger charge is 2.37. The number of aromatic nitrogens is 3. The van der Waals surface area contributed by atoms with E-state index >= 15 is 0 Å². The maximum Gasteiger partial charge on any atom is 0.213 e. The minimum absolute atomic E-state index is 0.538. The molecule has 0 bridgehead atoms. The Kier molecular flexibility index (Phi) is 4.30. The van der Waals surface area contributed by atoms with Gasteiger partial charge in [0.15, 0.2) is 0 Å². The molecular weight excluding hydrogens is 302 g/mol. The maximum absolute atomic E-state index is 5.22. The summed E-state index contributed by atoms with van der Waals surface area (Å²) in [5.41, 5.74) is 1.25. The zero-order chi connectivity index (χ0) is 16.4. The number of nitrogens with zero attached hydrogens (tertiary/aromatic N) is 5. The van der Waals surface area contributed by atoms with E-state index in [2.05, 4.69) is 30.8 Å². The minimum atomic E-state index is 0.538. The number of hydrogen-bond donors (Lipinski definition) is 0. The van der Waals surface area contributed by atoms with Crippen molar-refractivity contribution < 1.29 is 4.74 Å². The summed E-state index contributed by atoms with van der Waals surface area (Å²) in [5, 5.41) is 0. The molecule has 0 amide bonds. The second kappa shape index (κ2) is 6.73. The SMILES string of the molecule is COc1cc(CN2CCC(N(c3ccncn3)C3CC3)C2)ccn1. The minimum Gasteiger partial charge on any atom is -0.481 e. The summed E-state index contributed by atoms with van der Waals surface area (Å²) in [6, 6.07) is 7.33. The summed E-state index contributed by atoms with van der Waals surface area (Å²) in [6.07, 6.45) is 9.06. The largest absolute Gasteiger partial charge is 0.481 e. The van der Waals surface area contributed by atoms with Crippen molar-refractivity contribution in [1.82, 2.24) is 19.9 Å². The Labute approximate surface area is 142 Å². The van der Waals surface area contributed by atoms with Gasteiger partial charge in [-0.15, -0.1) is 0 Å². The highest BCUT2D eigenvalue weighted by molar-refractivity contribution is 5.42. The van der Waals surface area contributed by atoms with Crippen LogP contribution in [0.4, 0.5) is 5.82 Å². The summed E-state index contributed by atoms with van der Waals surface area (Å²) in [6.45, 7) is 3.13. The molecule has 4 rings (SSSR count). The van der Waals surface area contributed by atoms with Gasteiger partial charge in [-0.25, -0.2) is 15.0 Å². The molecule has 2 fully saturated rings. The van der Waals surface area contributed by atoms with Crippen LogP contribution in [0.1, 0.15) is 24.8 Å². The molecule has 126 valence electrons. The Hall–Kier alpha value is -2.21. The van der Waals surface area contributed by atoms with Gasteiger partial charge in [-0.2, -0.15) is 0 Å². The predicted octanol–water partition coefficient (Wildman–Crippen LogP) is 2.12. The van der Waals surface area contributed by atoms with E-state index in [4.69, 9.17) is 4.74 Å². The standard InChI is InChI=1S/C18H23N5O/c1-24-18-10-14(4-8-20-18)11-22-9-6-16(12-22)23(15-2-3-15)17-5-7-19-13-21-17/h4-5,7-8,10,13,15-16H,2-3,6,9,11-12H2,1H3. The zero-order valence-corrected chi connectivity index (χ0v) is 14.0. The molecule has 3 heterocycles. The van der Waals surface area contributed by atoms with E-state index in [1.165, 1.54) is 24.8 Å². The van der Waals surface area contributed by atoms with Crippen LogP contribution in [0.15, 0.2) is 36.9 Å². The molecule has 1 aliphatic heterocycles. The molecule has 6 nitrogen and oxygen atoms in total. The van der Waals surface area contributed by atoms with Crippen LogP contribution in [0, 0.1) is 0 Å². The van der Waals surface area contributed by atoms with Crippen LogP contribution in [-0.4, -0.2) is 52.1 Å². The number of hydrogen-bond acceptors (Lipinski definition) is 6. The van der Waals surface area contributed by atoms with Gasteiger partial charge in [0.2, 0.25) is 5.88 Å². The van der Waals surface area contributed by atoms with E-state index in [-0.39, 0.29) is 0 Å². The van der Waals surface area contributed by atoms with Gasteiger partial charge >= 0.3 is 0 Å². The Morgan fingerprint density at radius 2 is 2.08 bits per heavy atom. The van der Waals surface area contributed by atoms with Crippen LogP contribution >= 0.6 is 0 Å². The van der Waals surface area contributed by atoms with Crippen molar-refractivity contribution in [2.45, 2.75) is 37.9 Å². The first kappa shape index (κ1) is 15.3. The smallest absolute Gasteiger partial charge is 0.213 e. The normalized spacial score (nSPS) is 21.0. The first-order valence-electron chi connectivity index (χ1n) is 8.59. The van der Waals surface area contributed by atoms with Gasteiger partial charge in [-0.1, -0.05) is 0 Å². The van der Waals surface area contributed by atoms with Gasteiger partial charge in [0.25, 0.3) is 0 Å². The zero-order valence-electron chi connectivity index (χ0n) is 14.0. The molecule has 1 saturated heterocycles. The van der Waals surface area contributed by atoms with Crippen molar-refractivity contribution in [1.29, 1.82) is 0 Å². The summed E-state index contributed by atoms with van der Waals surface area (Å²) >= 11 is 0. The van der Waals surface area contributed by atoms with Crippen LogP contribution in [0.2, 0.25) is 0 Å². The fraction of sp³-hybridized carbons (Fsp3) is 0.500. The molecule has 0 aromatic carbocycles. The highest BCUT2D eigenvalue weighted by Crippen LogP contribution is 2.35. The second-order valence-corrected chi connectivity index (χ2v) is 6.59. The van der Waals surface area contributed by atoms with Crippen molar-refractivity contribution in [3.05, 3.63) is 42.5 Å². The van der Waals surface area contributed by atoms with Gasteiger partial charge in [-0.3, -0.25) is 4.90 Å². The van der Waals surface area contributed by atoms with E-state index in [1.807, 2.05) is 24.5 Å². The Morgan fingerprint density at radius 1 is 1.17 bits per heavy atom. The first-order valence-corrected chi connectivity index (χ1v) is 8.59. The van der Waals surface area contributed by atoms with Crippen LogP contribution in [0.25, 0.3) is 0 Å². The summed E-state index contributed by atoms with van der Waals surface area (Å²) in [5.74, 6) is 1.76. The van der Waals surface area contributed by atoms with Crippen LogP contribution in [0.3, 0.4) is 0 Å². The quantitative estimate of drug-likeness (QED) is 0.811. The van der Waals surface area contributed by atoms with Crippen molar-refractivity contribution in [3.63, 3.8) is 0 Å². The molecule has 2 aliphatic rings. The van der Waals surface area contributed by atoms with E-state index in [0.717, 1.165) is 25.5 Å². The monoisotopic (exact) mass is 325 g/mol. The summed E-state index contributed by atoms with van der Waals surface area (Å²) < 4.78 is 5.22. The summed E-state index contributed by atoms with van der Waals surface area (Å²) in [7, 11) is 1.66. The molecule has 0 radical (unpaired) electrons. The lowest BCUT2D eigenvalue weighted by Crippen LogP contribution is -2.39. The van der Waals surface area contributed by atoms with Gasteiger partial charge in [0.1, 0.15) is 12.1 Å². The molecule has 1 atom stereocenters. The average molecular weight is 325 g/mol. The Bertz CT molecular complexity index is 676. The number of rotatable bonds is 6. The Morgan fingerprint density at radius 3 is 2.83 bits per heavy atom. The first-order chi connectivity index (χ1) is 11.8. The highest BCUT2D eigenvalue weighted by atomic mass is 16.5. The number of pyridine rings is 1. The molecule has 0 N–H and O–H groups in total. The molecule has 6 heteroatoms. The van der Waals surface area contributed by atoms with Crippen molar-refractivity contribution in [2.24, 2.45) is 0 Å². The van der Waals surface area contributed by atoms with Crippen molar-refractivity contribution >= 4 is 5.82 Å². The third-order valence-corrected chi connectivity index (χ3v) is 4.83. The topological polar surface area (TPSA) is 54.4 Å². The van der Waals surface area contributed by atoms with Gasteiger partial charge < -0.3 is 9.64 Å². The lowest BCUT2D eigenvalue weighted by molar-refractivity contribution is 0.323. The third-order valence-electron chi connectivity index (χ3n) is 4.83. The van der Waals surface area contributed by atoms with Crippen LogP contribution < -0.4 is 9.64 Å². The van der Waals surface area contributed by atoms with E-state index in [1.54, 1.807) is 13.4 Å². The number of methoxy groups -OCH3 is 1. The van der Waals surface area contributed by atoms with Gasteiger partial charge in [-0.05, 0) is 37.0 Å². The third kappa shape index (κ3) is 3.33. The lowest BCUT2D eigenvalue weighted by Gasteiger charge is -2.30. The Balaban J connectivity index is 1.43. The summed E-state index contributed by atoms with van der Waals surface area (Å²) in [4.78, 5) is 17.8. The predicted molar refractivity (Wildman–Crippen MR) is 92.0 cm³/mol. The lowest BCUT2D eigenvalue weighted by atomic mass is 10.2. The molecule has 2 aromatic rings. The van der Waals surface area contributed by atoms with Gasteiger partial charge in [0.05, 0.1) is 7.11 Å². The van der Waals surface area contributed by atoms with E-state index in [0.29, 0.717) is 18.0 Å².